The van der Waals surface area contributed by atoms with Crippen LogP contribution in [-0.2, 0) is 11.3 Å². The molecule has 0 spiro atoms. The molecule has 1 heterocycles. The van der Waals surface area contributed by atoms with E-state index in [1.807, 2.05) is 12.1 Å². The summed E-state index contributed by atoms with van der Waals surface area (Å²) in [6.07, 6.45) is 0. The highest BCUT2D eigenvalue weighted by molar-refractivity contribution is 9.10. The molecule has 21 heavy (non-hydrogen) atoms. The summed E-state index contributed by atoms with van der Waals surface area (Å²) < 4.78 is 14.8. The normalized spacial score (nSPS) is 13.8. The Morgan fingerprint density at radius 2 is 1.86 bits per heavy atom. The number of halogens is 3. The molecule has 0 saturated carbocycles. The molecule has 1 aliphatic heterocycles. The van der Waals surface area contributed by atoms with Crippen LogP contribution < -0.4 is 4.90 Å². The lowest BCUT2D eigenvalue weighted by Crippen LogP contribution is -2.29. The van der Waals surface area contributed by atoms with Crippen molar-refractivity contribution in [3.05, 3.63) is 62.8 Å². The van der Waals surface area contributed by atoms with E-state index in [0.29, 0.717) is 0 Å². The predicted octanol–water partition coefficient (Wildman–Crippen LogP) is 3.97. The number of fused-ring (bicyclic) bond motifs is 1. The quantitative estimate of drug-likeness (QED) is 0.752. The number of nitrogens with zero attached hydrogens (tertiary/aromatic N) is 1. The Morgan fingerprint density at radius 1 is 1.14 bits per heavy atom. The third kappa shape index (κ3) is 2.26. The van der Waals surface area contributed by atoms with E-state index in [1.54, 1.807) is 12.1 Å². The number of carbonyl (C=O) groups excluding carboxylic acids is 2. The lowest BCUT2D eigenvalue weighted by molar-refractivity contribution is -0.114. The Hall–Kier alpha value is -1.72. The molecule has 0 unspecified atom stereocenters. The summed E-state index contributed by atoms with van der Waals surface area (Å²) >= 11 is 9.29. The third-order valence-electron chi connectivity index (χ3n) is 3.30. The van der Waals surface area contributed by atoms with Gasteiger partial charge >= 0.3 is 0 Å². The average molecular weight is 369 g/mol. The molecule has 2 aromatic rings. The van der Waals surface area contributed by atoms with E-state index in [-0.39, 0.29) is 22.8 Å². The molecule has 1 aliphatic rings. The van der Waals surface area contributed by atoms with Gasteiger partial charge in [-0.15, -0.1) is 0 Å². The van der Waals surface area contributed by atoms with Gasteiger partial charge in [-0.05, 0) is 23.8 Å². The first kappa shape index (κ1) is 14.2. The Labute approximate surface area is 133 Å². The smallest absolute Gasteiger partial charge is 0.297 e. The van der Waals surface area contributed by atoms with Crippen LogP contribution in [0.15, 0.2) is 40.9 Å². The Morgan fingerprint density at radius 3 is 2.57 bits per heavy atom. The van der Waals surface area contributed by atoms with Crippen molar-refractivity contribution in [2.75, 3.05) is 4.90 Å². The van der Waals surface area contributed by atoms with Gasteiger partial charge in [0.25, 0.3) is 11.7 Å². The van der Waals surface area contributed by atoms with Gasteiger partial charge in [0, 0.05) is 4.47 Å². The number of Topliss-reactive ketones (excluding diaryl/α,β-unsaturated/α-hetero) is 1. The summed E-state index contributed by atoms with van der Waals surface area (Å²) in [5.74, 6) is -2.19. The number of anilines is 1. The first-order valence-corrected chi connectivity index (χ1v) is 7.25. The molecular weight excluding hydrogens is 361 g/mol. The van der Waals surface area contributed by atoms with Crippen LogP contribution in [0.25, 0.3) is 0 Å². The zero-order chi connectivity index (χ0) is 15.1. The molecule has 3 rings (SSSR count). The van der Waals surface area contributed by atoms with Gasteiger partial charge in [-0.3, -0.25) is 14.5 Å². The molecule has 0 aromatic heterocycles. The van der Waals surface area contributed by atoms with Gasteiger partial charge in [-0.25, -0.2) is 4.39 Å². The molecule has 0 bridgehead atoms. The van der Waals surface area contributed by atoms with Crippen molar-refractivity contribution in [3.63, 3.8) is 0 Å². The van der Waals surface area contributed by atoms with Crippen LogP contribution in [0.4, 0.5) is 10.1 Å². The van der Waals surface area contributed by atoms with Crippen molar-refractivity contribution in [1.29, 1.82) is 0 Å². The van der Waals surface area contributed by atoms with Crippen molar-refractivity contribution in [2.45, 2.75) is 6.54 Å². The molecule has 0 N–H and O–H groups in total. The van der Waals surface area contributed by atoms with E-state index in [0.717, 1.165) is 21.0 Å². The minimum absolute atomic E-state index is 0.0479. The lowest BCUT2D eigenvalue weighted by Gasteiger charge is -2.18. The van der Waals surface area contributed by atoms with Crippen LogP contribution in [0.1, 0.15) is 15.9 Å². The molecule has 3 nitrogen and oxygen atoms in total. The van der Waals surface area contributed by atoms with Crippen molar-refractivity contribution in [2.24, 2.45) is 0 Å². The monoisotopic (exact) mass is 367 g/mol. The summed E-state index contributed by atoms with van der Waals surface area (Å²) in [4.78, 5) is 25.2. The van der Waals surface area contributed by atoms with E-state index >= 15 is 0 Å². The molecule has 106 valence electrons. The van der Waals surface area contributed by atoms with E-state index < -0.39 is 17.5 Å². The van der Waals surface area contributed by atoms with Crippen LogP contribution in [-0.4, -0.2) is 11.7 Å². The summed E-state index contributed by atoms with van der Waals surface area (Å²) in [6.45, 7) is 0.0935. The third-order valence-corrected chi connectivity index (χ3v) is 4.39. The van der Waals surface area contributed by atoms with Crippen LogP contribution >= 0.6 is 27.5 Å². The molecule has 6 heteroatoms. The van der Waals surface area contributed by atoms with Crippen LogP contribution in [0.2, 0.25) is 5.02 Å². The number of amides is 1. The summed E-state index contributed by atoms with van der Waals surface area (Å²) in [5.41, 5.74) is 0.660. The van der Waals surface area contributed by atoms with E-state index in [9.17, 15) is 14.0 Å². The molecule has 0 aliphatic carbocycles. The zero-order valence-electron chi connectivity index (χ0n) is 10.6. The van der Waals surface area contributed by atoms with E-state index in [1.165, 1.54) is 6.07 Å². The minimum atomic E-state index is -0.776. The number of rotatable bonds is 2. The van der Waals surface area contributed by atoms with Crippen molar-refractivity contribution in [3.8, 4) is 0 Å². The number of hydrogen-bond acceptors (Lipinski definition) is 2. The van der Waals surface area contributed by atoms with Crippen LogP contribution in [0, 0.1) is 5.82 Å². The molecular formula is C15H8BrClFNO2. The highest BCUT2D eigenvalue weighted by atomic mass is 79.9. The first-order chi connectivity index (χ1) is 10.0. The average Bonchev–Trinajstić information content (AvgIpc) is 2.71. The summed E-state index contributed by atoms with van der Waals surface area (Å²) in [5, 5.41) is 0.0828. The van der Waals surface area contributed by atoms with Gasteiger partial charge in [-0.1, -0.05) is 45.7 Å². The molecule has 0 saturated heterocycles. The molecule has 1 amide bonds. The summed E-state index contributed by atoms with van der Waals surface area (Å²) in [6, 6.07) is 9.67. The van der Waals surface area contributed by atoms with Crippen LogP contribution in [0.3, 0.4) is 0 Å². The largest absolute Gasteiger partial charge is 0.299 e. The van der Waals surface area contributed by atoms with Gasteiger partial charge in [0.15, 0.2) is 0 Å². The highest BCUT2D eigenvalue weighted by Crippen LogP contribution is 2.37. The lowest BCUT2D eigenvalue weighted by atomic mass is 10.1. The predicted molar refractivity (Wildman–Crippen MR) is 81.1 cm³/mol. The van der Waals surface area contributed by atoms with Crippen molar-refractivity contribution >= 4 is 44.9 Å². The maximum atomic E-state index is 14.1. The fourth-order valence-electron chi connectivity index (χ4n) is 2.30. The fraction of sp³-hybridized carbons (Fsp3) is 0.0667. The topological polar surface area (TPSA) is 37.4 Å². The minimum Gasteiger partial charge on any atom is -0.297 e. The zero-order valence-corrected chi connectivity index (χ0v) is 12.9. The highest BCUT2D eigenvalue weighted by Gasteiger charge is 2.40. The first-order valence-electron chi connectivity index (χ1n) is 6.08. The van der Waals surface area contributed by atoms with Crippen molar-refractivity contribution in [1.82, 2.24) is 0 Å². The van der Waals surface area contributed by atoms with Gasteiger partial charge in [0.05, 0.1) is 22.8 Å². The second kappa shape index (κ2) is 5.24. The number of hydrogen-bond donors (Lipinski definition) is 0. The van der Waals surface area contributed by atoms with Crippen molar-refractivity contribution < 1.29 is 14.0 Å². The Balaban J connectivity index is 2.10. The van der Waals surface area contributed by atoms with E-state index in [2.05, 4.69) is 15.9 Å². The van der Waals surface area contributed by atoms with Gasteiger partial charge in [0.2, 0.25) is 0 Å². The summed E-state index contributed by atoms with van der Waals surface area (Å²) in [7, 11) is 0. The maximum Gasteiger partial charge on any atom is 0.299 e. The fourth-order valence-corrected chi connectivity index (χ4v) is 2.95. The second-order valence-electron chi connectivity index (χ2n) is 4.56. The maximum absolute atomic E-state index is 14.1. The molecule has 0 atom stereocenters. The SMILES string of the molecule is O=C1C(=O)N(Cc2ccccc2Br)c2c(F)ccc(Cl)c21. The number of carbonyl (C=O) groups is 2. The number of benzene rings is 2. The van der Waals surface area contributed by atoms with Crippen LogP contribution in [0.5, 0.6) is 0 Å². The molecule has 0 radical (unpaired) electrons. The standard InChI is InChI=1S/C15H8BrClFNO2/c16-9-4-2-1-3-8(9)7-19-13-11(18)6-5-10(17)12(13)14(20)15(19)21/h1-6H,7H2. The van der Waals surface area contributed by atoms with Gasteiger partial charge in [-0.2, -0.15) is 0 Å². The molecule has 2 aromatic carbocycles. The Bertz CT molecular complexity index is 778. The van der Waals surface area contributed by atoms with Gasteiger partial charge in [0.1, 0.15) is 5.82 Å². The molecule has 0 fully saturated rings. The second-order valence-corrected chi connectivity index (χ2v) is 5.83. The van der Waals surface area contributed by atoms with E-state index in [4.69, 9.17) is 11.6 Å². The van der Waals surface area contributed by atoms with Gasteiger partial charge < -0.3 is 0 Å². The Kier molecular flexibility index (Phi) is 3.55. The number of ketones is 1.